The van der Waals surface area contributed by atoms with E-state index in [-0.39, 0.29) is 11.7 Å². The van der Waals surface area contributed by atoms with Gasteiger partial charge in [0.1, 0.15) is 23.1 Å². The largest absolute Gasteiger partial charge is 0.497 e. The second kappa shape index (κ2) is 11.7. The van der Waals surface area contributed by atoms with E-state index < -0.39 is 35.5 Å². The average Bonchev–Trinajstić information content (AvgIpc) is 3.63. The Labute approximate surface area is 278 Å². The van der Waals surface area contributed by atoms with Crippen LogP contribution in [0.5, 0.6) is 5.75 Å². The zero-order valence-electron chi connectivity index (χ0n) is 26.2. The number of rotatable bonds is 7. The number of hydrogen-bond donors (Lipinski definition) is 1. The Balaban J connectivity index is 1.36. The Morgan fingerprint density at radius 2 is 1.46 bits per heavy atom. The molecular formula is C41H32N2O5. The van der Waals surface area contributed by atoms with Crippen LogP contribution in [-0.4, -0.2) is 36.9 Å². The lowest BCUT2D eigenvalue weighted by Gasteiger charge is -2.37. The molecule has 1 amide bonds. The summed E-state index contributed by atoms with van der Waals surface area (Å²) in [6, 6.07) is 39.4. The molecule has 5 aromatic rings. The highest BCUT2D eigenvalue weighted by atomic mass is 16.5. The first-order valence-corrected chi connectivity index (χ1v) is 16.0. The number of benzene rings is 5. The van der Waals surface area contributed by atoms with Gasteiger partial charge in [0.25, 0.3) is 0 Å². The number of nitrogens with one attached hydrogen (secondary N) is 1. The SMILES string of the molecule is COc1cccc(C(=O)C2C(C(=O)OC(c3ccccc3)c3ccccc3)C3(C(=O)Nc4ccccc43)C3C=Cc4ccccc4N23)c1. The minimum Gasteiger partial charge on any atom is -0.497 e. The zero-order chi connectivity index (χ0) is 32.8. The molecule has 3 aliphatic rings. The van der Waals surface area contributed by atoms with E-state index in [2.05, 4.69) is 5.32 Å². The van der Waals surface area contributed by atoms with Crippen molar-refractivity contribution in [1.82, 2.24) is 0 Å². The molecule has 1 spiro atoms. The van der Waals surface area contributed by atoms with Crippen LogP contribution in [-0.2, 0) is 19.7 Å². The molecule has 48 heavy (non-hydrogen) atoms. The fourth-order valence-electron chi connectivity index (χ4n) is 7.81. The third kappa shape index (κ3) is 4.46. The smallest absolute Gasteiger partial charge is 0.314 e. The average molecular weight is 633 g/mol. The summed E-state index contributed by atoms with van der Waals surface area (Å²) >= 11 is 0. The molecular weight excluding hydrogens is 600 g/mol. The van der Waals surface area contributed by atoms with Crippen molar-refractivity contribution in [2.24, 2.45) is 5.92 Å². The summed E-state index contributed by atoms with van der Waals surface area (Å²) in [6.45, 7) is 0. The van der Waals surface area contributed by atoms with Gasteiger partial charge in [-0.2, -0.15) is 0 Å². The minimum atomic E-state index is -1.48. The molecule has 5 aromatic carbocycles. The van der Waals surface area contributed by atoms with Gasteiger partial charge in [-0.1, -0.05) is 121 Å². The highest BCUT2D eigenvalue weighted by molar-refractivity contribution is 6.15. The van der Waals surface area contributed by atoms with Crippen LogP contribution in [0.25, 0.3) is 6.08 Å². The number of Topliss-reactive ketones (excluding diaryl/α,β-unsaturated/α-hetero) is 1. The Bertz CT molecular complexity index is 2040. The fraction of sp³-hybridized carbons (Fsp3) is 0.146. The van der Waals surface area contributed by atoms with Crippen molar-refractivity contribution < 1.29 is 23.9 Å². The van der Waals surface area contributed by atoms with E-state index in [9.17, 15) is 4.79 Å². The van der Waals surface area contributed by atoms with E-state index >= 15 is 9.59 Å². The van der Waals surface area contributed by atoms with Gasteiger partial charge in [-0.3, -0.25) is 14.4 Å². The van der Waals surface area contributed by atoms with Crippen LogP contribution < -0.4 is 15.0 Å². The number of hydrogen-bond acceptors (Lipinski definition) is 6. The number of para-hydroxylation sites is 2. The Kier molecular flexibility index (Phi) is 7.17. The number of nitrogens with zero attached hydrogens (tertiary/aromatic N) is 1. The lowest BCUT2D eigenvalue weighted by atomic mass is 9.66. The summed E-state index contributed by atoms with van der Waals surface area (Å²) in [5, 5.41) is 3.07. The van der Waals surface area contributed by atoms with Crippen LogP contribution in [0, 0.1) is 5.92 Å². The molecule has 1 saturated heterocycles. The van der Waals surface area contributed by atoms with E-state index in [1.54, 1.807) is 31.4 Å². The van der Waals surface area contributed by atoms with Gasteiger partial charge in [0, 0.05) is 16.9 Å². The second-order valence-corrected chi connectivity index (χ2v) is 12.3. The molecule has 0 aliphatic carbocycles. The number of methoxy groups -OCH3 is 1. The lowest BCUT2D eigenvalue weighted by molar-refractivity contribution is -0.156. The molecule has 3 heterocycles. The van der Waals surface area contributed by atoms with E-state index in [0.717, 1.165) is 22.4 Å². The Morgan fingerprint density at radius 1 is 0.792 bits per heavy atom. The number of ketones is 1. The molecule has 8 rings (SSSR count). The molecule has 1 fully saturated rings. The predicted octanol–water partition coefficient (Wildman–Crippen LogP) is 7.00. The molecule has 1 N–H and O–H groups in total. The maximum absolute atomic E-state index is 15.2. The quantitative estimate of drug-likeness (QED) is 0.154. The summed E-state index contributed by atoms with van der Waals surface area (Å²) in [4.78, 5) is 46.9. The van der Waals surface area contributed by atoms with Crippen LogP contribution in [0.1, 0.15) is 38.7 Å². The van der Waals surface area contributed by atoms with Crippen molar-refractivity contribution >= 4 is 35.1 Å². The second-order valence-electron chi connectivity index (χ2n) is 12.3. The van der Waals surface area contributed by atoms with Crippen molar-refractivity contribution in [3.63, 3.8) is 0 Å². The fourth-order valence-corrected chi connectivity index (χ4v) is 7.81. The molecule has 3 aliphatic heterocycles. The Hall–Kier alpha value is -5.95. The summed E-state index contributed by atoms with van der Waals surface area (Å²) < 4.78 is 12.0. The van der Waals surface area contributed by atoms with Crippen LogP contribution in [0.4, 0.5) is 11.4 Å². The minimum absolute atomic E-state index is 0.309. The number of esters is 1. The van der Waals surface area contributed by atoms with Crippen molar-refractivity contribution in [1.29, 1.82) is 0 Å². The van der Waals surface area contributed by atoms with Gasteiger partial charge in [0.05, 0.1) is 13.2 Å². The molecule has 4 unspecified atom stereocenters. The maximum Gasteiger partial charge on any atom is 0.314 e. The first-order chi connectivity index (χ1) is 23.5. The normalized spacial score (nSPS) is 21.8. The topological polar surface area (TPSA) is 84.9 Å². The number of amides is 1. The van der Waals surface area contributed by atoms with Gasteiger partial charge >= 0.3 is 5.97 Å². The first kappa shape index (κ1) is 29.5. The molecule has 0 aromatic heterocycles. The van der Waals surface area contributed by atoms with Gasteiger partial charge in [-0.15, -0.1) is 0 Å². The molecule has 4 atom stereocenters. The van der Waals surface area contributed by atoms with Crippen LogP contribution in [0.2, 0.25) is 0 Å². The van der Waals surface area contributed by atoms with E-state index in [4.69, 9.17) is 9.47 Å². The highest BCUT2D eigenvalue weighted by Crippen LogP contribution is 2.58. The van der Waals surface area contributed by atoms with Gasteiger partial charge < -0.3 is 19.7 Å². The van der Waals surface area contributed by atoms with Crippen molar-refractivity contribution in [3.8, 4) is 5.75 Å². The molecule has 0 radical (unpaired) electrons. The molecule has 236 valence electrons. The maximum atomic E-state index is 15.2. The zero-order valence-corrected chi connectivity index (χ0v) is 26.2. The van der Waals surface area contributed by atoms with Gasteiger partial charge in [0.2, 0.25) is 5.91 Å². The highest BCUT2D eigenvalue weighted by Gasteiger charge is 2.71. The Morgan fingerprint density at radius 3 is 2.19 bits per heavy atom. The number of anilines is 2. The summed E-state index contributed by atoms with van der Waals surface area (Å²) in [5.41, 5.74) is 3.37. The van der Waals surface area contributed by atoms with Crippen molar-refractivity contribution in [2.75, 3.05) is 17.3 Å². The predicted molar refractivity (Wildman–Crippen MR) is 184 cm³/mol. The van der Waals surface area contributed by atoms with Crippen LogP contribution >= 0.6 is 0 Å². The van der Waals surface area contributed by atoms with Gasteiger partial charge in [-0.05, 0) is 46.5 Å². The molecule has 0 bridgehead atoms. The third-order valence-electron chi connectivity index (χ3n) is 9.86. The molecule has 0 saturated carbocycles. The number of ether oxygens (including phenoxy) is 2. The van der Waals surface area contributed by atoms with Crippen LogP contribution in [0.15, 0.2) is 140 Å². The van der Waals surface area contributed by atoms with Gasteiger partial charge in [0.15, 0.2) is 11.9 Å². The number of carbonyl (C=O) groups excluding carboxylic acids is 3. The summed E-state index contributed by atoms with van der Waals surface area (Å²) in [5.74, 6) is -2.01. The number of carbonyl (C=O) groups is 3. The first-order valence-electron chi connectivity index (χ1n) is 16.0. The van der Waals surface area contributed by atoms with Crippen molar-refractivity contribution in [3.05, 3.63) is 167 Å². The lowest BCUT2D eigenvalue weighted by Crippen LogP contribution is -2.51. The van der Waals surface area contributed by atoms with Crippen molar-refractivity contribution in [2.45, 2.75) is 23.6 Å². The van der Waals surface area contributed by atoms with Crippen LogP contribution in [0.3, 0.4) is 0 Å². The van der Waals surface area contributed by atoms with E-state index in [0.29, 0.717) is 22.6 Å². The van der Waals surface area contributed by atoms with E-state index in [1.807, 2.05) is 126 Å². The summed E-state index contributed by atoms with van der Waals surface area (Å²) in [7, 11) is 1.54. The molecule has 7 heteroatoms. The molecule has 7 nitrogen and oxygen atoms in total. The standard InChI is InChI=1S/C41H32N2O5/c1-47-30-19-12-18-29(25-30)37(44)36-35(39(45)48-38(27-14-4-2-5-15-27)28-16-6-3-7-17-28)41(31-20-9-10-21-32(31)42-40(41)46)34-24-23-26-13-8-11-22-33(26)43(34)36/h2-25,34-36,38H,1H3,(H,42,46). The number of fused-ring (bicyclic) bond motifs is 6. The third-order valence-corrected chi connectivity index (χ3v) is 9.86. The monoisotopic (exact) mass is 632 g/mol. The van der Waals surface area contributed by atoms with E-state index in [1.165, 1.54) is 0 Å². The summed E-state index contributed by atoms with van der Waals surface area (Å²) in [6.07, 6.45) is 3.16. The van der Waals surface area contributed by atoms with Gasteiger partial charge in [-0.25, -0.2) is 0 Å².